The zero-order chi connectivity index (χ0) is 20.0. The monoisotopic (exact) mass is 388 g/mol. The van der Waals surface area contributed by atoms with Crippen molar-refractivity contribution >= 4 is 5.95 Å². The van der Waals surface area contributed by atoms with Crippen LogP contribution >= 0.6 is 0 Å². The lowest BCUT2D eigenvalue weighted by atomic mass is 9.91. The molecule has 0 amide bonds. The van der Waals surface area contributed by atoms with Crippen molar-refractivity contribution in [3.8, 4) is 11.4 Å². The lowest BCUT2D eigenvalue weighted by Gasteiger charge is -2.40. The number of aromatic nitrogens is 5. The first-order chi connectivity index (χ1) is 14.0. The summed E-state index contributed by atoms with van der Waals surface area (Å²) >= 11 is 0. The second-order valence-electron chi connectivity index (χ2n) is 8.74. The molecule has 3 aromatic rings. The molecule has 3 aromatic heterocycles. The topological polar surface area (TPSA) is 76.8 Å². The van der Waals surface area contributed by atoms with Gasteiger partial charge in [0, 0.05) is 36.5 Å². The van der Waals surface area contributed by atoms with Crippen LogP contribution in [0.5, 0.6) is 0 Å². The van der Waals surface area contributed by atoms with Gasteiger partial charge in [-0.2, -0.15) is 0 Å². The first kappa shape index (κ1) is 18.0. The van der Waals surface area contributed by atoms with Crippen molar-refractivity contribution in [1.29, 1.82) is 0 Å². The van der Waals surface area contributed by atoms with E-state index in [9.17, 15) is 4.79 Å². The van der Waals surface area contributed by atoms with Gasteiger partial charge in [0.1, 0.15) is 6.33 Å². The van der Waals surface area contributed by atoms with Crippen LogP contribution < -0.4 is 10.5 Å². The molecule has 7 nitrogen and oxygen atoms in total. The molecule has 1 aliphatic heterocycles. The van der Waals surface area contributed by atoms with Crippen molar-refractivity contribution in [2.24, 2.45) is 5.41 Å². The Balaban J connectivity index is 1.56. The van der Waals surface area contributed by atoms with Crippen LogP contribution in [0.15, 0.2) is 41.6 Å². The van der Waals surface area contributed by atoms with Crippen molar-refractivity contribution in [3.05, 3.63) is 64.1 Å². The van der Waals surface area contributed by atoms with Crippen LogP contribution in [0.1, 0.15) is 37.2 Å². The minimum absolute atomic E-state index is 0.0360. The molecular weight excluding hydrogens is 364 g/mol. The second-order valence-corrected chi connectivity index (χ2v) is 8.74. The molecule has 0 bridgehead atoms. The lowest BCUT2D eigenvalue weighted by molar-refractivity contribution is 0.273. The van der Waals surface area contributed by atoms with Crippen LogP contribution in [-0.2, 0) is 25.9 Å². The molecule has 0 atom stereocenters. The zero-order valence-corrected chi connectivity index (χ0v) is 16.8. The van der Waals surface area contributed by atoms with Gasteiger partial charge in [-0.05, 0) is 37.0 Å². The van der Waals surface area contributed by atoms with Gasteiger partial charge < -0.3 is 4.90 Å². The first-order valence-electron chi connectivity index (χ1n) is 10.1. The molecule has 0 fully saturated rings. The maximum atomic E-state index is 12.9. The van der Waals surface area contributed by atoms with E-state index in [2.05, 4.69) is 40.8 Å². The van der Waals surface area contributed by atoms with E-state index in [1.807, 2.05) is 0 Å². The van der Waals surface area contributed by atoms with E-state index in [1.54, 1.807) is 22.9 Å². The first-order valence-corrected chi connectivity index (χ1v) is 10.1. The smallest absolute Gasteiger partial charge is 0.255 e. The van der Waals surface area contributed by atoms with Gasteiger partial charge in [0.2, 0.25) is 5.95 Å². The standard InChI is InChI=1S/C22H24N6O/c1-22(2)12-27(11-16-7-6-15-4-3-5-17(15)25-16)21-26-19(10-20(29)28(21)13-22)18-8-9-23-14-24-18/h6-10,14H,3-5,11-13H2,1-2H3. The Morgan fingerprint density at radius 1 is 1.07 bits per heavy atom. The fourth-order valence-electron chi connectivity index (χ4n) is 4.40. The lowest BCUT2D eigenvalue weighted by Crippen LogP contribution is -2.47. The highest BCUT2D eigenvalue weighted by Gasteiger charge is 2.32. The molecule has 29 heavy (non-hydrogen) atoms. The minimum atomic E-state index is -0.0525. The van der Waals surface area contributed by atoms with Gasteiger partial charge in [-0.1, -0.05) is 19.9 Å². The van der Waals surface area contributed by atoms with Gasteiger partial charge in [0.15, 0.2) is 0 Å². The second kappa shape index (κ2) is 6.76. The predicted octanol–water partition coefficient (Wildman–Crippen LogP) is 2.63. The summed E-state index contributed by atoms with van der Waals surface area (Å²) in [4.78, 5) is 33.1. The summed E-state index contributed by atoms with van der Waals surface area (Å²) in [5, 5.41) is 0. The third kappa shape index (κ3) is 3.41. The number of nitrogens with zero attached hydrogens (tertiary/aromatic N) is 6. The molecule has 0 unspecified atom stereocenters. The Hall–Kier alpha value is -3.09. The number of hydrogen-bond acceptors (Lipinski definition) is 6. The summed E-state index contributed by atoms with van der Waals surface area (Å²) in [6.07, 6.45) is 6.51. The number of fused-ring (bicyclic) bond motifs is 2. The van der Waals surface area contributed by atoms with Gasteiger partial charge in [-0.25, -0.2) is 15.0 Å². The SMILES string of the molecule is CC1(C)CN(Cc2ccc3c(n2)CCC3)c2nc(-c3ccncn3)cc(=O)n2C1. The number of hydrogen-bond donors (Lipinski definition) is 0. The molecule has 0 radical (unpaired) electrons. The number of anilines is 1. The van der Waals surface area contributed by atoms with E-state index in [0.717, 1.165) is 25.1 Å². The normalized spacial score (nSPS) is 17.1. The van der Waals surface area contributed by atoms with Crippen molar-refractivity contribution < 1.29 is 0 Å². The fourth-order valence-corrected chi connectivity index (χ4v) is 4.40. The van der Waals surface area contributed by atoms with Crippen LogP contribution in [0.4, 0.5) is 5.95 Å². The van der Waals surface area contributed by atoms with Gasteiger partial charge in [0.25, 0.3) is 5.56 Å². The largest absolute Gasteiger partial charge is 0.336 e. The van der Waals surface area contributed by atoms with Crippen LogP contribution in [0.3, 0.4) is 0 Å². The predicted molar refractivity (Wildman–Crippen MR) is 111 cm³/mol. The highest BCUT2D eigenvalue weighted by molar-refractivity contribution is 5.55. The van der Waals surface area contributed by atoms with Crippen LogP contribution in [0.2, 0.25) is 0 Å². The van der Waals surface area contributed by atoms with Gasteiger partial charge in [-0.15, -0.1) is 0 Å². The van der Waals surface area contributed by atoms with Crippen molar-refractivity contribution in [2.75, 3.05) is 11.4 Å². The summed E-state index contributed by atoms with van der Waals surface area (Å²) in [6.45, 7) is 6.46. The molecule has 2 aliphatic rings. The molecule has 0 spiro atoms. The summed E-state index contributed by atoms with van der Waals surface area (Å²) in [5.41, 5.74) is 4.76. The molecule has 0 saturated carbocycles. The van der Waals surface area contributed by atoms with Gasteiger partial charge >= 0.3 is 0 Å². The molecule has 1 aliphatic carbocycles. The van der Waals surface area contributed by atoms with E-state index in [1.165, 1.54) is 24.0 Å². The quantitative estimate of drug-likeness (QED) is 0.686. The molecule has 0 N–H and O–H groups in total. The molecule has 148 valence electrons. The Bertz CT molecular complexity index is 1120. The van der Waals surface area contributed by atoms with E-state index < -0.39 is 0 Å². The fraction of sp³-hybridized carbons (Fsp3) is 0.409. The molecular formula is C22H24N6O. The molecule has 0 aromatic carbocycles. The highest BCUT2D eigenvalue weighted by Crippen LogP contribution is 2.31. The molecule has 4 heterocycles. The van der Waals surface area contributed by atoms with Crippen molar-refractivity contribution in [3.63, 3.8) is 0 Å². The zero-order valence-electron chi connectivity index (χ0n) is 16.8. The molecule has 5 rings (SSSR count). The third-order valence-corrected chi connectivity index (χ3v) is 5.66. The summed E-state index contributed by atoms with van der Waals surface area (Å²) in [6, 6.07) is 7.66. The molecule has 7 heteroatoms. The summed E-state index contributed by atoms with van der Waals surface area (Å²) in [5.74, 6) is 0.688. The Morgan fingerprint density at radius 3 is 2.79 bits per heavy atom. The Kier molecular flexibility index (Phi) is 4.19. The summed E-state index contributed by atoms with van der Waals surface area (Å²) in [7, 11) is 0. The number of rotatable bonds is 3. The Morgan fingerprint density at radius 2 is 1.97 bits per heavy atom. The summed E-state index contributed by atoms with van der Waals surface area (Å²) < 4.78 is 1.78. The average molecular weight is 388 g/mol. The molecule has 0 saturated heterocycles. The average Bonchev–Trinajstić information content (AvgIpc) is 3.16. The van der Waals surface area contributed by atoms with E-state index in [0.29, 0.717) is 30.4 Å². The third-order valence-electron chi connectivity index (χ3n) is 5.66. The number of aryl methyl sites for hydroxylation is 2. The van der Waals surface area contributed by atoms with Crippen LogP contribution in [0.25, 0.3) is 11.4 Å². The highest BCUT2D eigenvalue weighted by atomic mass is 16.1. The van der Waals surface area contributed by atoms with E-state index in [-0.39, 0.29) is 11.0 Å². The van der Waals surface area contributed by atoms with Crippen LogP contribution in [0, 0.1) is 5.41 Å². The number of pyridine rings is 1. The van der Waals surface area contributed by atoms with Crippen molar-refractivity contribution in [2.45, 2.75) is 46.2 Å². The van der Waals surface area contributed by atoms with Gasteiger partial charge in [0.05, 0.1) is 23.6 Å². The van der Waals surface area contributed by atoms with E-state index in [4.69, 9.17) is 9.97 Å². The maximum absolute atomic E-state index is 12.9. The van der Waals surface area contributed by atoms with E-state index >= 15 is 0 Å². The Labute approximate surface area is 169 Å². The maximum Gasteiger partial charge on any atom is 0.255 e. The van der Waals surface area contributed by atoms with Gasteiger partial charge in [-0.3, -0.25) is 14.3 Å². The van der Waals surface area contributed by atoms with Crippen LogP contribution in [-0.4, -0.2) is 31.0 Å². The van der Waals surface area contributed by atoms with Crippen molar-refractivity contribution in [1.82, 2.24) is 24.5 Å². The minimum Gasteiger partial charge on any atom is -0.336 e.